The van der Waals surface area contributed by atoms with E-state index in [1.807, 2.05) is 0 Å². The van der Waals surface area contributed by atoms with Gasteiger partial charge >= 0.3 is 0 Å². The van der Waals surface area contributed by atoms with Gasteiger partial charge in [0, 0.05) is 11.4 Å². The minimum Gasteiger partial charge on any atom is -0.391 e. The van der Waals surface area contributed by atoms with Gasteiger partial charge in [0.15, 0.2) is 0 Å². The van der Waals surface area contributed by atoms with Crippen molar-refractivity contribution in [2.75, 3.05) is 6.54 Å². The molecule has 1 aliphatic carbocycles. The Morgan fingerprint density at radius 1 is 1.50 bits per heavy atom. The molecule has 1 aromatic rings. The van der Waals surface area contributed by atoms with Crippen LogP contribution in [-0.2, 0) is 11.2 Å². The van der Waals surface area contributed by atoms with Crippen LogP contribution in [0.25, 0.3) is 0 Å². The normalized spacial score (nSPS) is 19.7. The molecule has 1 aromatic heterocycles. The fourth-order valence-electron chi connectivity index (χ4n) is 3.09. The first-order valence-corrected chi connectivity index (χ1v) is 8.57. The Morgan fingerprint density at radius 2 is 2.25 bits per heavy atom. The summed E-state index contributed by atoms with van der Waals surface area (Å²) in [7, 11) is 0. The first kappa shape index (κ1) is 15.5. The maximum Gasteiger partial charge on any atom is 0.227 e. The maximum atomic E-state index is 12.3. The molecule has 2 atom stereocenters. The van der Waals surface area contributed by atoms with Gasteiger partial charge in [0.1, 0.15) is 0 Å². The largest absolute Gasteiger partial charge is 0.391 e. The topological polar surface area (TPSA) is 49.3 Å². The number of hydrogen-bond donors (Lipinski definition) is 2. The molecule has 0 spiro atoms. The molecule has 112 valence electrons. The zero-order valence-electron chi connectivity index (χ0n) is 12.4. The summed E-state index contributed by atoms with van der Waals surface area (Å²) in [5, 5.41) is 15.1. The van der Waals surface area contributed by atoms with Gasteiger partial charge in [-0.15, -0.1) is 11.3 Å². The number of aryl methyl sites for hydroxylation is 1. The Morgan fingerprint density at radius 3 is 2.95 bits per heavy atom. The average molecular weight is 295 g/mol. The molecular weight excluding hydrogens is 270 g/mol. The maximum absolute atomic E-state index is 12.3. The van der Waals surface area contributed by atoms with E-state index in [4.69, 9.17) is 0 Å². The molecule has 20 heavy (non-hydrogen) atoms. The molecule has 2 N–H and O–H groups in total. The molecule has 0 fully saturated rings. The van der Waals surface area contributed by atoms with E-state index < -0.39 is 6.10 Å². The molecule has 0 aromatic carbocycles. The van der Waals surface area contributed by atoms with Crippen LogP contribution in [0.1, 0.15) is 55.9 Å². The van der Waals surface area contributed by atoms with Crippen molar-refractivity contribution in [2.24, 2.45) is 5.92 Å². The summed E-state index contributed by atoms with van der Waals surface area (Å²) in [4.78, 5) is 13.7. The van der Waals surface area contributed by atoms with Crippen molar-refractivity contribution in [3.8, 4) is 0 Å². The van der Waals surface area contributed by atoms with Crippen molar-refractivity contribution < 1.29 is 9.90 Å². The number of hydrogen-bond acceptors (Lipinski definition) is 3. The second-order valence-corrected chi connectivity index (χ2v) is 6.63. The first-order chi connectivity index (χ1) is 9.67. The highest BCUT2D eigenvalue weighted by atomic mass is 32.1. The Labute approximate surface area is 125 Å². The van der Waals surface area contributed by atoms with Crippen molar-refractivity contribution in [1.82, 2.24) is 5.32 Å². The standard InChI is InChI=1S/C16H25NO2S/c1-3-11(4-2)14(18)10-17-16(19)13-6-5-7-15-12(13)8-9-20-15/h8-9,11,13-14,18H,3-7,10H2,1-2H3,(H,17,19). The van der Waals surface area contributed by atoms with Crippen LogP contribution in [0.2, 0.25) is 0 Å². The van der Waals surface area contributed by atoms with Crippen molar-refractivity contribution in [2.45, 2.75) is 58.0 Å². The van der Waals surface area contributed by atoms with Crippen LogP contribution in [-0.4, -0.2) is 23.7 Å². The summed E-state index contributed by atoms with van der Waals surface area (Å²) < 4.78 is 0. The molecule has 0 saturated carbocycles. The fraction of sp³-hybridized carbons (Fsp3) is 0.688. The van der Waals surface area contributed by atoms with E-state index in [1.54, 1.807) is 11.3 Å². The molecule has 3 nitrogen and oxygen atoms in total. The number of amides is 1. The van der Waals surface area contributed by atoms with Crippen molar-refractivity contribution in [3.63, 3.8) is 0 Å². The van der Waals surface area contributed by atoms with E-state index in [0.717, 1.165) is 32.1 Å². The molecular formula is C16H25NO2S. The van der Waals surface area contributed by atoms with Crippen LogP contribution in [0.3, 0.4) is 0 Å². The number of carbonyl (C=O) groups is 1. The van der Waals surface area contributed by atoms with E-state index in [9.17, 15) is 9.90 Å². The summed E-state index contributed by atoms with van der Waals surface area (Å²) in [6, 6.07) is 2.08. The molecule has 4 heteroatoms. The highest BCUT2D eigenvalue weighted by Crippen LogP contribution is 2.34. The summed E-state index contributed by atoms with van der Waals surface area (Å²) in [5.41, 5.74) is 1.20. The lowest BCUT2D eigenvalue weighted by molar-refractivity contribution is -0.123. The van der Waals surface area contributed by atoms with Crippen LogP contribution in [0.15, 0.2) is 11.4 Å². The Balaban J connectivity index is 1.90. The van der Waals surface area contributed by atoms with Gasteiger partial charge in [0.05, 0.1) is 12.0 Å². The molecule has 0 saturated heterocycles. The molecule has 1 aliphatic rings. The summed E-state index contributed by atoms with van der Waals surface area (Å²) in [6.07, 6.45) is 4.58. The lowest BCUT2D eigenvalue weighted by Crippen LogP contribution is -2.39. The molecule has 0 radical (unpaired) electrons. The first-order valence-electron chi connectivity index (χ1n) is 7.69. The van der Waals surface area contributed by atoms with Gasteiger partial charge in [-0.1, -0.05) is 26.7 Å². The Kier molecular flexibility index (Phi) is 5.61. The summed E-state index contributed by atoms with van der Waals surface area (Å²) >= 11 is 1.75. The smallest absolute Gasteiger partial charge is 0.227 e. The monoisotopic (exact) mass is 295 g/mol. The molecule has 0 bridgehead atoms. The quantitative estimate of drug-likeness (QED) is 0.847. The lowest BCUT2D eigenvalue weighted by atomic mass is 9.87. The number of fused-ring (bicyclic) bond motifs is 1. The van der Waals surface area contributed by atoms with Crippen LogP contribution in [0.5, 0.6) is 0 Å². The number of rotatable bonds is 6. The van der Waals surface area contributed by atoms with Gasteiger partial charge in [0.25, 0.3) is 0 Å². The van der Waals surface area contributed by atoms with E-state index in [-0.39, 0.29) is 17.7 Å². The zero-order chi connectivity index (χ0) is 14.5. The number of aliphatic hydroxyl groups excluding tert-OH is 1. The summed E-state index contributed by atoms with van der Waals surface area (Å²) in [6.45, 7) is 4.54. The third-order valence-electron chi connectivity index (χ3n) is 4.45. The van der Waals surface area contributed by atoms with Crippen LogP contribution in [0.4, 0.5) is 0 Å². The molecule has 1 amide bonds. The number of aliphatic hydroxyl groups is 1. The van der Waals surface area contributed by atoms with Crippen molar-refractivity contribution >= 4 is 17.2 Å². The third-order valence-corrected chi connectivity index (χ3v) is 5.44. The van der Waals surface area contributed by atoms with Crippen LogP contribution < -0.4 is 5.32 Å². The van der Waals surface area contributed by atoms with Crippen LogP contribution in [0, 0.1) is 5.92 Å². The minimum absolute atomic E-state index is 0.0149. The van der Waals surface area contributed by atoms with Gasteiger partial charge in [0.2, 0.25) is 5.91 Å². The van der Waals surface area contributed by atoms with Crippen LogP contribution >= 0.6 is 11.3 Å². The van der Waals surface area contributed by atoms with Gasteiger partial charge in [-0.2, -0.15) is 0 Å². The number of thiophene rings is 1. The van der Waals surface area contributed by atoms with Gasteiger partial charge in [-0.3, -0.25) is 4.79 Å². The molecule has 1 heterocycles. The lowest BCUT2D eigenvalue weighted by Gasteiger charge is -2.24. The molecule has 2 unspecified atom stereocenters. The fourth-order valence-corrected chi connectivity index (χ4v) is 4.07. The van der Waals surface area contributed by atoms with E-state index in [2.05, 4.69) is 30.6 Å². The van der Waals surface area contributed by atoms with E-state index >= 15 is 0 Å². The van der Waals surface area contributed by atoms with Gasteiger partial charge in [-0.05, 0) is 42.2 Å². The Bertz CT molecular complexity index is 439. The van der Waals surface area contributed by atoms with E-state index in [0.29, 0.717) is 6.54 Å². The van der Waals surface area contributed by atoms with Gasteiger partial charge in [-0.25, -0.2) is 0 Å². The highest BCUT2D eigenvalue weighted by molar-refractivity contribution is 7.10. The number of carbonyl (C=O) groups excluding carboxylic acids is 1. The average Bonchev–Trinajstić information content (AvgIpc) is 2.94. The molecule has 2 rings (SSSR count). The second kappa shape index (κ2) is 7.23. The van der Waals surface area contributed by atoms with Crippen molar-refractivity contribution in [1.29, 1.82) is 0 Å². The predicted molar refractivity (Wildman–Crippen MR) is 83.1 cm³/mol. The minimum atomic E-state index is -0.431. The van der Waals surface area contributed by atoms with E-state index in [1.165, 1.54) is 10.4 Å². The Hall–Kier alpha value is -0.870. The molecule has 0 aliphatic heterocycles. The number of nitrogens with one attached hydrogen (secondary N) is 1. The SMILES string of the molecule is CCC(CC)C(O)CNC(=O)C1CCCc2sccc21. The third kappa shape index (κ3) is 3.41. The predicted octanol–water partition coefficient (Wildman–Crippen LogP) is 3.08. The zero-order valence-corrected chi connectivity index (χ0v) is 13.2. The van der Waals surface area contributed by atoms with Crippen molar-refractivity contribution in [3.05, 3.63) is 21.9 Å². The van der Waals surface area contributed by atoms with Gasteiger partial charge < -0.3 is 10.4 Å². The second-order valence-electron chi connectivity index (χ2n) is 5.63. The highest BCUT2D eigenvalue weighted by Gasteiger charge is 2.27. The summed E-state index contributed by atoms with van der Waals surface area (Å²) in [5.74, 6) is 0.339.